The normalized spacial score (nSPS) is 18.5. The van der Waals surface area contributed by atoms with Crippen LogP contribution < -0.4 is 10.2 Å². The molecule has 1 amide bonds. The van der Waals surface area contributed by atoms with Crippen LogP contribution in [0.15, 0.2) is 17.2 Å². The zero-order valence-electron chi connectivity index (χ0n) is 12.3. The molecule has 1 N–H and O–H groups in total. The van der Waals surface area contributed by atoms with Crippen LogP contribution in [0.3, 0.4) is 0 Å². The summed E-state index contributed by atoms with van der Waals surface area (Å²) in [7, 11) is 1.60. The summed E-state index contributed by atoms with van der Waals surface area (Å²) in [5, 5.41) is 4.19. The third-order valence-electron chi connectivity index (χ3n) is 3.34. The number of methoxy groups -OCH3 is 1. The molecule has 0 radical (unpaired) electrons. The van der Waals surface area contributed by atoms with E-state index < -0.39 is 0 Å². The number of hydrogen-bond acceptors (Lipinski definition) is 4. The monoisotopic (exact) mass is 276 g/mol. The second-order valence-electron chi connectivity index (χ2n) is 5.13. The fraction of sp³-hybridized carbons (Fsp3) is 0.467. The van der Waals surface area contributed by atoms with Gasteiger partial charge in [0, 0.05) is 19.4 Å². The highest BCUT2D eigenvalue weighted by molar-refractivity contribution is 6.06. The molecule has 0 aromatic heterocycles. The average Bonchev–Trinajstić information content (AvgIpc) is 2.37. The molecule has 1 aromatic rings. The molecule has 2 rings (SSSR count). The molecule has 108 valence electrons. The summed E-state index contributed by atoms with van der Waals surface area (Å²) in [6, 6.07) is 4.07. The molecule has 1 unspecified atom stereocenters. The van der Waals surface area contributed by atoms with E-state index in [1.54, 1.807) is 7.11 Å². The summed E-state index contributed by atoms with van der Waals surface area (Å²) in [5.74, 6) is 0.923. The maximum atomic E-state index is 11.3. The number of nitrogens with zero attached hydrogens (tertiary/aromatic N) is 1. The predicted molar refractivity (Wildman–Crippen MR) is 76.9 cm³/mol. The molecular weight excluding hydrogens is 256 g/mol. The van der Waals surface area contributed by atoms with Crippen LogP contribution in [0.2, 0.25) is 0 Å². The van der Waals surface area contributed by atoms with Gasteiger partial charge in [-0.25, -0.2) is 5.43 Å². The Morgan fingerprint density at radius 2 is 2.00 bits per heavy atom. The zero-order valence-corrected chi connectivity index (χ0v) is 12.3. The van der Waals surface area contributed by atoms with Gasteiger partial charge in [0.2, 0.25) is 5.91 Å². The maximum Gasteiger partial charge on any atom is 0.240 e. The predicted octanol–water partition coefficient (Wildman–Crippen LogP) is 2.15. The zero-order chi connectivity index (χ0) is 14.7. The molecule has 0 saturated heterocycles. The summed E-state index contributed by atoms with van der Waals surface area (Å²) in [6.45, 7) is 6.23. The second kappa shape index (κ2) is 6.05. The van der Waals surface area contributed by atoms with Crippen LogP contribution in [0.25, 0.3) is 0 Å². The number of carbonyl (C=O) groups excluding carboxylic acids is 1. The number of amides is 1. The average molecular weight is 276 g/mol. The van der Waals surface area contributed by atoms with Crippen LogP contribution in [0.5, 0.6) is 5.75 Å². The summed E-state index contributed by atoms with van der Waals surface area (Å²) < 4.78 is 10.5. The Hall–Kier alpha value is -1.88. The Labute approximate surface area is 119 Å². The molecule has 1 heterocycles. The molecule has 1 aromatic carbocycles. The lowest BCUT2D eigenvalue weighted by atomic mass is 9.92. The van der Waals surface area contributed by atoms with Crippen LogP contribution in [0.4, 0.5) is 0 Å². The Bertz CT molecular complexity index is 529. The molecule has 0 bridgehead atoms. The van der Waals surface area contributed by atoms with E-state index in [9.17, 15) is 4.79 Å². The van der Waals surface area contributed by atoms with Crippen molar-refractivity contribution in [1.82, 2.24) is 5.43 Å². The van der Waals surface area contributed by atoms with Crippen molar-refractivity contribution < 1.29 is 14.3 Å². The molecule has 20 heavy (non-hydrogen) atoms. The van der Waals surface area contributed by atoms with E-state index in [1.807, 2.05) is 32.9 Å². The van der Waals surface area contributed by atoms with Crippen molar-refractivity contribution in [3.8, 4) is 5.75 Å². The minimum Gasteiger partial charge on any atom is -0.467 e. The fourth-order valence-corrected chi connectivity index (χ4v) is 2.45. The first-order valence-corrected chi connectivity index (χ1v) is 6.62. The number of hydrazone groups is 1. The first kappa shape index (κ1) is 14.5. The minimum atomic E-state index is -0.0326. The van der Waals surface area contributed by atoms with Crippen molar-refractivity contribution in [1.29, 1.82) is 0 Å². The van der Waals surface area contributed by atoms with Crippen molar-refractivity contribution in [2.75, 3.05) is 13.9 Å². The van der Waals surface area contributed by atoms with Crippen molar-refractivity contribution in [2.24, 2.45) is 11.0 Å². The highest BCUT2D eigenvalue weighted by atomic mass is 16.7. The molecule has 1 atom stereocenters. The first-order valence-electron chi connectivity index (χ1n) is 6.62. The number of carbonyl (C=O) groups is 1. The van der Waals surface area contributed by atoms with Crippen LogP contribution in [0, 0.1) is 19.8 Å². The van der Waals surface area contributed by atoms with Gasteiger partial charge >= 0.3 is 0 Å². The topological polar surface area (TPSA) is 59.9 Å². The van der Waals surface area contributed by atoms with Gasteiger partial charge in [0.1, 0.15) is 5.75 Å². The lowest BCUT2D eigenvalue weighted by Gasteiger charge is -2.21. The largest absolute Gasteiger partial charge is 0.467 e. The third kappa shape index (κ3) is 2.99. The van der Waals surface area contributed by atoms with E-state index in [4.69, 9.17) is 9.47 Å². The summed E-state index contributed by atoms with van der Waals surface area (Å²) in [6.07, 6.45) is 0.471. The molecule has 0 saturated carbocycles. The van der Waals surface area contributed by atoms with Gasteiger partial charge in [-0.2, -0.15) is 5.10 Å². The smallest absolute Gasteiger partial charge is 0.240 e. The van der Waals surface area contributed by atoms with Gasteiger partial charge in [-0.1, -0.05) is 6.92 Å². The van der Waals surface area contributed by atoms with Crippen molar-refractivity contribution in [3.05, 3.63) is 28.8 Å². The van der Waals surface area contributed by atoms with E-state index >= 15 is 0 Å². The van der Waals surface area contributed by atoms with Gasteiger partial charge in [0.05, 0.1) is 5.71 Å². The van der Waals surface area contributed by atoms with E-state index in [-0.39, 0.29) is 18.6 Å². The molecule has 0 aliphatic carbocycles. The lowest BCUT2D eigenvalue weighted by Crippen LogP contribution is -2.32. The SMILES string of the molecule is COCOc1c(C)cc(C2=NNC(=O)CC2C)cc1C. The van der Waals surface area contributed by atoms with E-state index in [0.717, 1.165) is 28.2 Å². The van der Waals surface area contributed by atoms with E-state index in [0.29, 0.717) is 6.42 Å². The molecule has 0 spiro atoms. The molecular formula is C15H20N2O3. The molecule has 5 nitrogen and oxygen atoms in total. The Kier molecular flexibility index (Phi) is 4.39. The Morgan fingerprint density at radius 1 is 1.35 bits per heavy atom. The number of aryl methyl sites for hydroxylation is 2. The van der Waals surface area contributed by atoms with Crippen LogP contribution in [-0.4, -0.2) is 25.5 Å². The first-order chi connectivity index (χ1) is 9.52. The van der Waals surface area contributed by atoms with Crippen molar-refractivity contribution >= 4 is 11.6 Å². The molecule has 0 fully saturated rings. The van der Waals surface area contributed by atoms with Crippen molar-refractivity contribution in [3.63, 3.8) is 0 Å². The summed E-state index contributed by atoms with van der Waals surface area (Å²) >= 11 is 0. The molecule has 1 aliphatic heterocycles. The highest BCUT2D eigenvalue weighted by Gasteiger charge is 2.22. The van der Waals surface area contributed by atoms with E-state index in [1.165, 1.54) is 0 Å². The summed E-state index contributed by atoms with van der Waals surface area (Å²) in [5.41, 5.74) is 6.55. The Morgan fingerprint density at radius 3 is 2.55 bits per heavy atom. The van der Waals surface area contributed by atoms with Gasteiger partial charge < -0.3 is 9.47 Å². The van der Waals surface area contributed by atoms with Gasteiger partial charge in [0.25, 0.3) is 0 Å². The second-order valence-corrected chi connectivity index (χ2v) is 5.13. The molecule has 5 heteroatoms. The lowest BCUT2D eigenvalue weighted by molar-refractivity contribution is -0.121. The van der Waals surface area contributed by atoms with Crippen LogP contribution in [0.1, 0.15) is 30.0 Å². The number of nitrogens with one attached hydrogen (secondary N) is 1. The van der Waals surface area contributed by atoms with Gasteiger partial charge in [-0.05, 0) is 42.7 Å². The fourth-order valence-electron chi connectivity index (χ4n) is 2.45. The van der Waals surface area contributed by atoms with E-state index in [2.05, 4.69) is 10.5 Å². The van der Waals surface area contributed by atoms with Crippen LogP contribution >= 0.6 is 0 Å². The summed E-state index contributed by atoms with van der Waals surface area (Å²) in [4.78, 5) is 11.3. The number of ether oxygens (including phenoxy) is 2. The van der Waals surface area contributed by atoms with Gasteiger partial charge in [-0.15, -0.1) is 0 Å². The number of rotatable bonds is 4. The third-order valence-corrected chi connectivity index (χ3v) is 3.34. The standard InChI is InChI=1S/C15H20N2O3/c1-9-7-13(18)16-17-14(9)12-5-10(2)15(11(3)6-12)20-8-19-4/h5-6,9H,7-8H2,1-4H3,(H,16,18). The maximum absolute atomic E-state index is 11.3. The van der Waals surface area contributed by atoms with Gasteiger partial charge in [-0.3, -0.25) is 4.79 Å². The quantitative estimate of drug-likeness (QED) is 0.857. The Balaban J connectivity index is 2.32. The molecule has 1 aliphatic rings. The van der Waals surface area contributed by atoms with Gasteiger partial charge in [0.15, 0.2) is 6.79 Å². The van der Waals surface area contributed by atoms with Crippen molar-refractivity contribution in [2.45, 2.75) is 27.2 Å². The minimum absolute atomic E-state index is 0.0326. The number of hydrogen-bond donors (Lipinski definition) is 1. The van der Waals surface area contributed by atoms with Crippen LogP contribution in [-0.2, 0) is 9.53 Å². The highest BCUT2D eigenvalue weighted by Crippen LogP contribution is 2.27. The number of benzene rings is 1.